The molecule has 0 bridgehead atoms. The first-order valence-corrected chi connectivity index (χ1v) is 11.5. The molecule has 1 saturated heterocycles. The number of methoxy groups -OCH3 is 1. The monoisotopic (exact) mass is 436 g/mol. The molecule has 3 rings (SSSR count). The smallest absolute Gasteiger partial charge is 0.261 e. The second-order valence-corrected chi connectivity index (χ2v) is 9.27. The molecule has 0 aliphatic carbocycles. The van der Waals surface area contributed by atoms with Gasteiger partial charge in [0.05, 0.1) is 18.0 Å². The van der Waals surface area contributed by atoms with Gasteiger partial charge < -0.3 is 14.8 Å². The number of piperidine rings is 1. The number of benzene rings is 1. The van der Waals surface area contributed by atoms with Crippen LogP contribution in [0.2, 0.25) is 0 Å². The Balaban J connectivity index is 1.47. The Labute approximate surface area is 177 Å². The van der Waals surface area contributed by atoms with E-state index in [4.69, 9.17) is 9.47 Å². The standard InChI is InChI=1S/C20H28N4O5S/c1-16(29-19-10-13-24(22-19)18-6-4-3-5-7-18)20(25)21-17-8-11-23(12-9-17)30(26,27)15-14-28-2/h3-7,10,13,16-17H,8-9,11-12,14-15H2,1-2H3,(H,21,25)/t16-/m0/s1. The van der Waals surface area contributed by atoms with Crippen LogP contribution in [0.1, 0.15) is 19.8 Å². The number of carbonyl (C=O) groups excluding carboxylic acids is 1. The predicted molar refractivity (Wildman–Crippen MR) is 112 cm³/mol. The lowest BCUT2D eigenvalue weighted by Gasteiger charge is -2.32. The molecule has 30 heavy (non-hydrogen) atoms. The van der Waals surface area contributed by atoms with Gasteiger partial charge in [-0.05, 0) is 31.9 Å². The summed E-state index contributed by atoms with van der Waals surface area (Å²) in [6, 6.07) is 11.2. The summed E-state index contributed by atoms with van der Waals surface area (Å²) >= 11 is 0. The molecule has 1 fully saturated rings. The van der Waals surface area contributed by atoms with Crippen molar-refractivity contribution in [1.29, 1.82) is 0 Å². The summed E-state index contributed by atoms with van der Waals surface area (Å²) in [6.07, 6.45) is 2.18. The van der Waals surface area contributed by atoms with Crippen molar-refractivity contribution < 1.29 is 22.7 Å². The lowest BCUT2D eigenvalue weighted by atomic mass is 10.1. The highest BCUT2D eigenvalue weighted by Gasteiger charge is 2.29. The third-order valence-electron chi connectivity index (χ3n) is 4.99. The van der Waals surface area contributed by atoms with Crippen molar-refractivity contribution in [1.82, 2.24) is 19.4 Å². The molecule has 1 atom stereocenters. The highest BCUT2D eigenvalue weighted by molar-refractivity contribution is 7.89. The van der Waals surface area contributed by atoms with Gasteiger partial charge in [-0.25, -0.2) is 17.4 Å². The van der Waals surface area contributed by atoms with Crippen LogP contribution in [-0.4, -0.2) is 73.1 Å². The van der Waals surface area contributed by atoms with Crippen LogP contribution in [-0.2, 0) is 19.6 Å². The van der Waals surface area contributed by atoms with Crippen molar-refractivity contribution in [2.45, 2.75) is 31.9 Å². The molecule has 2 heterocycles. The quantitative estimate of drug-likeness (QED) is 0.634. The molecule has 1 amide bonds. The van der Waals surface area contributed by atoms with Crippen LogP contribution in [0.4, 0.5) is 0 Å². The first-order chi connectivity index (χ1) is 14.4. The van der Waals surface area contributed by atoms with Gasteiger partial charge >= 0.3 is 0 Å². The Kier molecular flexibility index (Phi) is 7.46. The largest absolute Gasteiger partial charge is 0.463 e. The van der Waals surface area contributed by atoms with Crippen molar-refractivity contribution in [3.05, 3.63) is 42.6 Å². The minimum atomic E-state index is -3.31. The van der Waals surface area contributed by atoms with Crippen LogP contribution >= 0.6 is 0 Å². The fourth-order valence-electron chi connectivity index (χ4n) is 3.24. The van der Waals surface area contributed by atoms with Crippen molar-refractivity contribution >= 4 is 15.9 Å². The average Bonchev–Trinajstić information content (AvgIpc) is 3.22. The van der Waals surface area contributed by atoms with Crippen LogP contribution in [0.5, 0.6) is 5.88 Å². The van der Waals surface area contributed by atoms with E-state index in [1.54, 1.807) is 23.9 Å². The number of para-hydroxylation sites is 1. The van der Waals surface area contributed by atoms with E-state index < -0.39 is 16.1 Å². The fraction of sp³-hybridized carbons (Fsp3) is 0.500. The number of ether oxygens (including phenoxy) is 2. The van der Waals surface area contributed by atoms with Gasteiger partial charge in [0.1, 0.15) is 0 Å². The van der Waals surface area contributed by atoms with E-state index in [2.05, 4.69) is 10.4 Å². The maximum Gasteiger partial charge on any atom is 0.261 e. The Bertz CT molecular complexity index is 924. The van der Waals surface area contributed by atoms with Crippen LogP contribution < -0.4 is 10.1 Å². The van der Waals surface area contributed by atoms with Crippen LogP contribution in [0, 0.1) is 0 Å². The fourth-order valence-corrected chi connectivity index (χ4v) is 4.65. The molecule has 0 saturated carbocycles. The highest BCUT2D eigenvalue weighted by atomic mass is 32.2. The van der Waals surface area contributed by atoms with Gasteiger partial charge in [0.15, 0.2) is 6.10 Å². The third-order valence-corrected chi connectivity index (χ3v) is 6.83. The number of amides is 1. The molecule has 0 radical (unpaired) electrons. The van der Waals surface area contributed by atoms with Gasteiger partial charge in [-0.15, -0.1) is 5.10 Å². The molecule has 1 aliphatic rings. The molecular formula is C20H28N4O5S. The second kappa shape index (κ2) is 10.1. The predicted octanol–water partition coefficient (Wildman–Crippen LogP) is 1.20. The van der Waals surface area contributed by atoms with Gasteiger partial charge in [-0.2, -0.15) is 0 Å². The number of aromatic nitrogens is 2. The minimum absolute atomic E-state index is 0.0268. The number of hydrogen-bond acceptors (Lipinski definition) is 6. The van der Waals surface area contributed by atoms with Crippen LogP contribution in [0.3, 0.4) is 0 Å². The summed E-state index contributed by atoms with van der Waals surface area (Å²) in [7, 11) is -1.84. The summed E-state index contributed by atoms with van der Waals surface area (Å²) in [5, 5.41) is 7.29. The van der Waals surface area contributed by atoms with Crippen molar-refractivity contribution in [3.63, 3.8) is 0 Å². The topological polar surface area (TPSA) is 103 Å². The maximum absolute atomic E-state index is 12.5. The average molecular weight is 437 g/mol. The van der Waals surface area contributed by atoms with Crippen molar-refractivity contribution in [2.24, 2.45) is 0 Å². The van der Waals surface area contributed by atoms with Gasteiger partial charge in [-0.1, -0.05) is 18.2 Å². The molecular weight excluding hydrogens is 408 g/mol. The zero-order valence-corrected chi connectivity index (χ0v) is 18.0. The SMILES string of the molecule is COCCS(=O)(=O)N1CCC(NC(=O)[C@H](C)Oc2ccn(-c3ccccc3)n2)CC1. The van der Waals surface area contributed by atoms with E-state index >= 15 is 0 Å². The number of rotatable bonds is 9. The van der Waals surface area contributed by atoms with E-state index in [0.29, 0.717) is 31.8 Å². The molecule has 1 aromatic heterocycles. The zero-order chi connectivity index (χ0) is 21.6. The second-order valence-electron chi connectivity index (χ2n) is 7.18. The Morgan fingerprint density at radius 2 is 1.93 bits per heavy atom. The summed E-state index contributed by atoms with van der Waals surface area (Å²) in [5.41, 5.74) is 0.900. The Hall–Kier alpha value is -2.43. The molecule has 9 nitrogen and oxygen atoms in total. The van der Waals surface area contributed by atoms with Crippen LogP contribution in [0.15, 0.2) is 42.6 Å². The van der Waals surface area contributed by atoms with E-state index in [0.717, 1.165) is 5.69 Å². The van der Waals surface area contributed by atoms with E-state index in [9.17, 15) is 13.2 Å². The molecule has 0 spiro atoms. The lowest BCUT2D eigenvalue weighted by molar-refractivity contribution is -0.128. The molecule has 1 aliphatic heterocycles. The first kappa shape index (κ1) is 22.3. The normalized spacial score (nSPS) is 16.9. The third kappa shape index (κ3) is 5.80. The molecule has 1 aromatic carbocycles. The lowest BCUT2D eigenvalue weighted by Crippen LogP contribution is -2.49. The summed E-state index contributed by atoms with van der Waals surface area (Å²) < 4.78 is 38.1. The first-order valence-electron chi connectivity index (χ1n) is 9.94. The molecule has 164 valence electrons. The van der Waals surface area contributed by atoms with E-state index in [1.165, 1.54) is 11.4 Å². The molecule has 0 unspecified atom stereocenters. The van der Waals surface area contributed by atoms with Gasteiger partial charge in [0.25, 0.3) is 5.91 Å². The van der Waals surface area contributed by atoms with Gasteiger partial charge in [0.2, 0.25) is 15.9 Å². The number of sulfonamides is 1. The maximum atomic E-state index is 12.5. The summed E-state index contributed by atoms with van der Waals surface area (Å²) in [5.74, 6) is 0.0895. The minimum Gasteiger partial charge on any atom is -0.463 e. The van der Waals surface area contributed by atoms with Crippen LogP contribution in [0.25, 0.3) is 5.69 Å². The number of nitrogens with zero attached hydrogens (tertiary/aromatic N) is 3. The molecule has 2 aromatic rings. The van der Waals surface area contributed by atoms with Crippen molar-refractivity contribution in [3.8, 4) is 11.6 Å². The number of nitrogens with one attached hydrogen (secondary N) is 1. The van der Waals surface area contributed by atoms with Gasteiger partial charge in [-0.3, -0.25) is 4.79 Å². The zero-order valence-electron chi connectivity index (χ0n) is 17.2. The van der Waals surface area contributed by atoms with E-state index in [-0.39, 0.29) is 24.3 Å². The number of hydrogen-bond donors (Lipinski definition) is 1. The molecule has 10 heteroatoms. The summed E-state index contributed by atoms with van der Waals surface area (Å²) in [6.45, 7) is 2.61. The van der Waals surface area contributed by atoms with Gasteiger partial charge in [0, 0.05) is 38.5 Å². The van der Waals surface area contributed by atoms with Crippen molar-refractivity contribution in [2.75, 3.05) is 32.6 Å². The Morgan fingerprint density at radius 3 is 2.60 bits per heavy atom. The highest BCUT2D eigenvalue weighted by Crippen LogP contribution is 2.16. The summed E-state index contributed by atoms with van der Waals surface area (Å²) in [4.78, 5) is 12.5. The van der Waals surface area contributed by atoms with E-state index in [1.807, 2.05) is 30.3 Å². The molecule has 1 N–H and O–H groups in total. The number of carbonyl (C=O) groups is 1. The Morgan fingerprint density at radius 1 is 1.23 bits per heavy atom.